The van der Waals surface area contributed by atoms with Crippen molar-refractivity contribution in [3.8, 4) is 0 Å². The minimum atomic E-state index is -0.365. The molecule has 1 aliphatic rings. The van der Waals surface area contributed by atoms with Crippen LogP contribution in [-0.2, 0) is 4.79 Å². The molecule has 0 bridgehead atoms. The van der Waals surface area contributed by atoms with Gasteiger partial charge in [-0.15, -0.1) is 0 Å². The molecule has 0 radical (unpaired) electrons. The normalized spacial score (nSPS) is 20.9. The van der Waals surface area contributed by atoms with Crippen LogP contribution in [0.2, 0.25) is 0 Å². The maximum absolute atomic E-state index is 12.4. The lowest BCUT2D eigenvalue weighted by molar-refractivity contribution is -0.108. The van der Waals surface area contributed by atoms with Crippen molar-refractivity contribution in [3.63, 3.8) is 0 Å². The van der Waals surface area contributed by atoms with Gasteiger partial charge in [-0.1, -0.05) is 38.2 Å². The van der Waals surface area contributed by atoms with E-state index in [1.54, 1.807) is 0 Å². The fourth-order valence-electron chi connectivity index (χ4n) is 2.24. The Morgan fingerprint density at radius 3 is 2.96 bits per heavy atom. The van der Waals surface area contributed by atoms with Gasteiger partial charge in [0.2, 0.25) is 6.41 Å². The van der Waals surface area contributed by atoms with Crippen molar-refractivity contribution in [1.29, 1.82) is 0 Å². The second kappa shape index (κ2) is 10.6. The molecule has 0 spiro atoms. The first-order valence-corrected chi connectivity index (χ1v) is 7.96. The monoisotopic (exact) mass is 322 g/mol. The fraction of sp³-hybridized carbons (Fsp3) is 0.529. The van der Waals surface area contributed by atoms with Gasteiger partial charge in [0.25, 0.3) is 0 Å². The molecule has 0 aliphatic heterocycles. The van der Waals surface area contributed by atoms with Gasteiger partial charge in [-0.25, -0.2) is 0 Å². The summed E-state index contributed by atoms with van der Waals surface area (Å²) < 4.78 is 12.4. The number of carbonyl (C=O) groups excluding carboxylic acids is 1. The molecule has 0 aromatic rings. The molecular weight excluding hydrogens is 295 g/mol. The van der Waals surface area contributed by atoms with Gasteiger partial charge < -0.3 is 16.5 Å². The van der Waals surface area contributed by atoms with Gasteiger partial charge in [0.15, 0.2) is 5.84 Å². The van der Waals surface area contributed by atoms with E-state index in [9.17, 15) is 9.18 Å². The highest BCUT2D eigenvalue weighted by atomic mass is 19.1. The van der Waals surface area contributed by atoms with E-state index >= 15 is 0 Å². The van der Waals surface area contributed by atoms with E-state index in [-0.39, 0.29) is 18.6 Å². The second-order valence-electron chi connectivity index (χ2n) is 5.84. The number of nitrogens with one attached hydrogen (secondary N) is 2. The Bertz CT molecular complexity index is 485. The topological polar surface area (TPSA) is 79.5 Å². The van der Waals surface area contributed by atoms with Crippen LogP contribution in [0.1, 0.15) is 33.1 Å². The van der Waals surface area contributed by atoms with Crippen molar-refractivity contribution in [3.05, 3.63) is 36.1 Å². The Labute approximate surface area is 137 Å². The highest BCUT2D eigenvalue weighted by molar-refractivity contribution is 5.94. The van der Waals surface area contributed by atoms with Gasteiger partial charge in [-0.2, -0.15) is 5.10 Å². The van der Waals surface area contributed by atoms with Crippen molar-refractivity contribution in [2.24, 2.45) is 22.8 Å². The van der Waals surface area contributed by atoms with Crippen LogP contribution in [0.5, 0.6) is 0 Å². The van der Waals surface area contributed by atoms with Gasteiger partial charge in [-0.3, -0.25) is 9.18 Å². The Balaban J connectivity index is 2.67. The van der Waals surface area contributed by atoms with Crippen LogP contribution in [0.3, 0.4) is 0 Å². The number of halogens is 1. The molecule has 0 aromatic carbocycles. The van der Waals surface area contributed by atoms with Crippen LogP contribution in [0, 0.1) is 11.8 Å². The summed E-state index contributed by atoms with van der Waals surface area (Å²) in [5.74, 6) is 6.22. The van der Waals surface area contributed by atoms with Crippen molar-refractivity contribution in [2.45, 2.75) is 39.2 Å². The molecule has 1 rings (SSSR count). The lowest BCUT2D eigenvalue weighted by Gasteiger charge is -2.22. The van der Waals surface area contributed by atoms with Crippen molar-refractivity contribution >= 4 is 12.2 Å². The number of carbonyl (C=O) groups is 1. The molecule has 6 heteroatoms. The molecule has 0 aromatic heterocycles. The van der Waals surface area contributed by atoms with Crippen LogP contribution in [0.4, 0.5) is 4.39 Å². The molecule has 3 atom stereocenters. The average molecular weight is 322 g/mol. The molecule has 0 fully saturated rings. The summed E-state index contributed by atoms with van der Waals surface area (Å²) in [6.45, 7) is 3.61. The number of nitrogens with two attached hydrogens (primary N) is 1. The second-order valence-corrected chi connectivity index (χ2v) is 5.84. The van der Waals surface area contributed by atoms with Crippen LogP contribution in [0.15, 0.2) is 41.2 Å². The zero-order valence-corrected chi connectivity index (χ0v) is 13.8. The number of allylic oxidation sites excluding steroid dienone is 5. The molecule has 5 nitrogen and oxygen atoms in total. The molecule has 0 unspecified atom stereocenters. The van der Waals surface area contributed by atoms with Crippen molar-refractivity contribution < 1.29 is 9.18 Å². The van der Waals surface area contributed by atoms with Crippen LogP contribution in [-0.4, -0.2) is 25.0 Å². The van der Waals surface area contributed by atoms with Gasteiger partial charge >= 0.3 is 0 Å². The minimum Gasteiger partial charge on any atom is -0.375 e. The van der Waals surface area contributed by atoms with Crippen LogP contribution in [0.25, 0.3) is 0 Å². The maximum Gasteiger partial charge on any atom is 0.212 e. The van der Waals surface area contributed by atoms with E-state index in [4.69, 9.17) is 5.84 Å². The molecule has 0 saturated heterocycles. The Hall–Kier alpha value is -2.11. The minimum absolute atomic E-state index is 0.0809. The maximum atomic E-state index is 12.4. The predicted octanol–water partition coefficient (Wildman–Crippen LogP) is 2.38. The van der Waals surface area contributed by atoms with Crippen molar-refractivity contribution in [1.82, 2.24) is 10.6 Å². The third-order valence-electron chi connectivity index (χ3n) is 3.66. The number of amidine groups is 1. The fourth-order valence-corrected chi connectivity index (χ4v) is 2.24. The molecular formula is C17H27FN4O. The van der Waals surface area contributed by atoms with Gasteiger partial charge in [0, 0.05) is 11.6 Å². The number of hydrogen-bond donors (Lipinski definition) is 3. The molecule has 128 valence electrons. The number of nitrogens with zero attached hydrogens (tertiary/aromatic N) is 1. The van der Waals surface area contributed by atoms with Crippen molar-refractivity contribution in [2.75, 3.05) is 6.67 Å². The summed E-state index contributed by atoms with van der Waals surface area (Å²) >= 11 is 0. The lowest BCUT2D eigenvalue weighted by atomic mass is 10.0. The van der Waals surface area contributed by atoms with Crippen LogP contribution < -0.4 is 16.5 Å². The van der Waals surface area contributed by atoms with E-state index in [0.29, 0.717) is 24.6 Å². The van der Waals surface area contributed by atoms with Crippen LogP contribution >= 0.6 is 0 Å². The van der Waals surface area contributed by atoms with Gasteiger partial charge in [0.1, 0.15) is 0 Å². The summed E-state index contributed by atoms with van der Waals surface area (Å²) in [5.41, 5.74) is 0.989. The SMILES string of the molecule is C[C@H](/C=C\CC[C@H](NC1=CC[C@@H](C)C=C1)/C(=N/N)NC=O)CF. The van der Waals surface area contributed by atoms with Gasteiger partial charge in [0.05, 0.1) is 12.7 Å². The number of amides is 1. The first-order chi connectivity index (χ1) is 11.1. The highest BCUT2D eigenvalue weighted by Gasteiger charge is 2.16. The molecule has 1 aliphatic carbocycles. The first kappa shape index (κ1) is 18.9. The Morgan fingerprint density at radius 1 is 1.61 bits per heavy atom. The zero-order chi connectivity index (χ0) is 17.1. The summed E-state index contributed by atoms with van der Waals surface area (Å²) in [5, 5.41) is 9.55. The molecule has 23 heavy (non-hydrogen) atoms. The van der Waals surface area contributed by atoms with E-state index in [2.05, 4.69) is 34.8 Å². The Kier molecular flexibility index (Phi) is 8.72. The summed E-state index contributed by atoms with van der Waals surface area (Å²) in [7, 11) is 0. The van der Waals surface area contributed by atoms with E-state index in [1.165, 1.54) is 0 Å². The molecule has 1 amide bonds. The third-order valence-corrected chi connectivity index (χ3v) is 3.66. The van der Waals surface area contributed by atoms with E-state index in [0.717, 1.165) is 18.5 Å². The quantitative estimate of drug-likeness (QED) is 0.152. The van der Waals surface area contributed by atoms with E-state index in [1.807, 2.05) is 25.2 Å². The molecule has 0 heterocycles. The zero-order valence-electron chi connectivity index (χ0n) is 13.8. The molecule has 0 saturated carbocycles. The standard InChI is InChI=1S/C17H27FN4O/c1-13-7-9-15(10-8-13)21-16(17(22-19)20-12-23)6-4-3-5-14(2)11-18/h3,5,7,9-10,12-14,16,21H,4,6,8,11,19H2,1-2H3,(H,20,22,23)/b5-3-/t13-,14+,16-/m0/s1. The number of alkyl halides is 1. The number of hydrogen-bond acceptors (Lipinski definition) is 4. The first-order valence-electron chi connectivity index (χ1n) is 7.96. The Morgan fingerprint density at radius 2 is 2.39 bits per heavy atom. The number of hydrazone groups is 1. The van der Waals surface area contributed by atoms with Gasteiger partial charge in [-0.05, 0) is 31.3 Å². The smallest absolute Gasteiger partial charge is 0.212 e. The number of rotatable bonds is 9. The summed E-state index contributed by atoms with van der Waals surface area (Å²) in [6.07, 6.45) is 13.0. The summed E-state index contributed by atoms with van der Waals surface area (Å²) in [6, 6.07) is -0.208. The average Bonchev–Trinajstić information content (AvgIpc) is 2.57. The lowest BCUT2D eigenvalue weighted by Crippen LogP contribution is -2.44. The predicted molar refractivity (Wildman–Crippen MR) is 92.3 cm³/mol. The largest absolute Gasteiger partial charge is 0.375 e. The molecule has 4 N–H and O–H groups in total. The third kappa shape index (κ3) is 7.13. The van der Waals surface area contributed by atoms with E-state index < -0.39 is 0 Å². The summed E-state index contributed by atoms with van der Waals surface area (Å²) in [4.78, 5) is 10.7. The highest BCUT2D eigenvalue weighted by Crippen LogP contribution is 2.15.